The molecule has 0 aliphatic heterocycles. The largest absolute Gasteiger partial charge is 0.497 e. The summed E-state index contributed by atoms with van der Waals surface area (Å²) in [4.78, 5) is 14.9. The van der Waals surface area contributed by atoms with E-state index in [0.717, 1.165) is 0 Å². The fraction of sp³-hybridized carbons (Fsp3) is 0.174. The molecule has 3 aromatic rings. The number of hydrogen-bond acceptors (Lipinski definition) is 4. The number of methoxy groups -OCH3 is 1. The van der Waals surface area contributed by atoms with Crippen LogP contribution in [0.3, 0.4) is 0 Å². The van der Waals surface area contributed by atoms with Gasteiger partial charge in [0.15, 0.2) is 0 Å². The van der Waals surface area contributed by atoms with Crippen LogP contribution in [0.15, 0.2) is 77.7 Å². The van der Waals surface area contributed by atoms with Crippen molar-refractivity contribution in [1.29, 1.82) is 0 Å². The second-order valence-electron chi connectivity index (χ2n) is 6.84. The maximum atomic E-state index is 13.2. The molecule has 9 heteroatoms. The molecule has 1 amide bonds. The second kappa shape index (κ2) is 10.8. The van der Waals surface area contributed by atoms with Gasteiger partial charge in [-0.2, -0.15) is 0 Å². The zero-order valence-electron chi connectivity index (χ0n) is 17.3. The van der Waals surface area contributed by atoms with Gasteiger partial charge in [0, 0.05) is 23.8 Å². The lowest BCUT2D eigenvalue weighted by molar-refractivity contribution is 0.0987. The van der Waals surface area contributed by atoms with Gasteiger partial charge in [-0.25, -0.2) is 13.1 Å². The third-order valence-corrected chi connectivity index (χ3v) is 6.72. The lowest BCUT2D eigenvalue weighted by Crippen LogP contribution is -2.34. The summed E-state index contributed by atoms with van der Waals surface area (Å²) in [6, 6.07) is 19.9. The van der Waals surface area contributed by atoms with Crippen molar-refractivity contribution in [1.82, 2.24) is 4.72 Å². The predicted molar refractivity (Wildman–Crippen MR) is 127 cm³/mol. The number of para-hydroxylation sites is 1. The Bertz CT molecular complexity index is 1170. The smallest absolute Gasteiger partial charge is 0.259 e. The average molecular weight is 493 g/mol. The number of halogens is 2. The van der Waals surface area contributed by atoms with Crippen molar-refractivity contribution in [3.63, 3.8) is 0 Å². The minimum Gasteiger partial charge on any atom is -0.497 e. The predicted octanol–water partition coefficient (Wildman–Crippen LogP) is 5.02. The van der Waals surface area contributed by atoms with E-state index in [0.29, 0.717) is 28.4 Å². The number of ether oxygens (including phenoxy) is 1. The van der Waals surface area contributed by atoms with Gasteiger partial charge >= 0.3 is 0 Å². The molecule has 3 aromatic carbocycles. The highest BCUT2D eigenvalue weighted by molar-refractivity contribution is 7.89. The van der Waals surface area contributed by atoms with Crippen LogP contribution in [0.2, 0.25) is 10.0 Å². The minimum absolute atomic E-state index is 0.141. The van der Waals surface area contributed by atoms with Crippen LogP contribution in [0.25, 0.3) is 0 Å². The van der Waals surface area contributed by atoms with Crippen LogP contribution in [0.5, 0.6) is 5.75 Å². The number of hydrogen-bond donors (Lipinski definition) is 1. The van der Waals surface area contributed by atoms with Gasteiger partial charge in [-0.3, -0.25) is 4.79 Å². The molecule has 6 nitrogen and oxygen atoms in total. The van der Waals surface area contributed by atoms with E-state index in [9.17, 15) is 13.2 Å². The van der Waals surface area contributed by atoms with Gasteiger partial charge < -0.3 is 9.64 Å². The molecule has 0 aliphatic rings. The van der Waals surface area contributed by atoms with Gasteiger partial charge in [0.2, 0.25) is 10.0 Å². The van der Waals surface area contributed by atoms with Gasteiger partial charge in [-0.1, -0.05) is 41.4 Å². The summed E-state index contributed by atoms with van der Waals surface area (Å²) in [5, 5.41) is 0.689. The molecule has 0 atom stereocenters. The molecule has 0 saturated heterocycles. The number of anilines is 1. The van der Waals surface area contributed by atoms with E-state index in [-0.39, 0.29) is 28.9 Å². The molecular formula is C23H22Cl2N2O4S. The standard InChI is InChI=1S/C23H22Cl2N2O4S/c1-31-19-9-11-20(12-10-19)32(29,30)26-14-5-15-27(18-6-3-2-4-7-18)23(28)21-13-8-17(24)16-22(21)25/h2-4,6-13,16,26H,5,14-15H2,1H3. The van der Waals surface area contributed by atoms with Crippen molar-refractivity contribution in [3.05, 3.63) is 88.4 Å². The van der Waals surface area contributed by atoms with Crippen molar-refractivity contribution < 1.29 is 17.9 Å². The highest BCUT2D eigenvalue weighted by atomic mass is 35.5. The highest BCUT2D eigenvalue weighted by Crippen LogP contribution is 2.25. The van der Waals surface area contributed by atoms with Gasteiger partial charge in [0.1, 0.15) is 5.75 Å². The van der Waals surface area contributed by atoms with Crippen molar-refractivity contribution in [2.24, 2.45) is 0 Å². The molecule has 0 fully saturated rings. The molecule has 0 unspecified atom stereocenters. The molecule has 0 bridgehead atoms. The first-order valence-corrected chi connectivity index (χ1v) is 12.0. The molecule has 0 aromatic heterocycles. The van der Waals surface area contributed by atoms with E-state index in [4.69, 9.17) is 27.9 Å². The van der Waals surface area contributed by atoms with Gasteiger partial charge in [0.05, 0.1) is 22.6 Å². The first-order valence-electron chi connectivity index (χ1n) is 9.77. The number of sulfonamides is 1. The van der Waals surface area contributed by atoms with Crippen molar-refractivity contribution >= 4 is 44.8 Å². The van der Waals surface area contributed by atoms with Crippen LogP contribution in [0, 0.1) is 0 Å². The van der Waals surface area contributed by atoms with E-state index < -0.39 is 10.0 Å². The van der Waals surface area contributed by atoms with E-state index in [1.807, 2.05) is 30.3 Å². The first kappa shape index (κ1) is 24.1. The van der Waals surface area contributed by atoms with Crippen molar-refractivity contribution in [2.75, 3.05) is 25.1 Å². The van der Waals surface area contributed by atoms with Crippen molar-refractivity contribution in [2.45, 2.75) is 11.3 Å². The molecule has 0 radical (unpaired) electrons. The van der Waals surface area contributed by atoms with E-state index >= 15 is 0 Å². The Morgan fingerprint density at radius 2 is 1.69 bits per heavy atom. The Labute approximate surface area is 197 Å². The number of amides is 1. The minimum atomic E-state index is -3.68. The van der Waals surface area contributed by atoms with E-state index in [2.05, 4.69) is 4.72 Å². The third-order valence-electron chi connectivity index (χ3n) is 4.69. The fourth-order valence-electron chi connectivity index (χ4n) is 3.05. The topological polar surface area (TPSA) is 75.7 Å². The Morgan fingerprint density at radius 1 is 1.00 bits per heavy atom. The summed E-state index contributed by atoms with van der Waals surface area (Å²) >= 11 is 12.2. The lowest BCUT2D eigenvalue weighted by Gasteiger charge is -2.23. The van der Waals surface area contributed by atoms with Gasteiger partial charge in [-0.15, -0.1) is 0 Å². The summed E-state index contributed by atoms with van der Waals surface area (Å²) in [5.41, 5.74) is 1.00. The average Bonchev–Trinajstić information content (AvgIpc) is 2.79. The molecule has 0 spiro atoms. The Balaban J connectivity index is 1.70. The zero-order valence-corrected chi connectivity index (χ0v) is 19.6. The third kappa shape index (κ3) is 6.01. The number of carbonyl (C=O) groups is 1. The first-order chi connectivity index (χ1) is 15.3. The number of rotatable bonds is 9. The monoisotopic (exact) mass is 492 g/mol. The normalized spacial score (nSPS) is 11.2. The quantitative estimate of drug-likeness (QED) is 0.425. The number of carbonyl (C=O) groups excluding carboxylic acids is 1. The summed E-state index contributed by atoms with van der Waals surface area (Å²) in [7, 11) is -2.16. The molecule has 1 N–H and O–H groups in total. The van der Waals surface area contributed by atoms with Crippen LogP contribution in [-0.2, 0) is 10.0 Å². The van der Waals surface area contributed by atoms with Gasteiger partial charge in [0.25, 0.3) is 5.91 Å². The summed E-state index contributed by atoms with van der Waals surface area (Å²) < 4.78 is 32.7. The SMILES string of the molecule is COc1ccc(S(=O)(=O)NCCCN(C(=O)c2ccc(Cl)cc2Cl)c2ccccc2)cc1. The number of nitrogens with one attached hydrogen (secondary N) is 1. The van der Waals surface area contributed by atoms with Gasteiger partial charge in [-0.05, 0) is 61.0 Å². The molecule has 32 heavy (non-hydrogen) atoms. The summed E-state index contributed by atoms with van der Waals surface area (Å²) in [6.45, 7) is 0.437. The molecule has 3 rings (SSSR count). The highest BCUT2D eigenvalue weighted by Gasteiger charge is 2.21. The van der Waals surface area contributed by atoms with Crippen LogP contribution in [-0.4, -0.2) is 34.5 Å². The van der Waals surface area contributed by atoms with Crippen LogP contribution >= 0.6 is 23.2 Å². The maximum Gasteiger partial charge on any atom is 0.259 e. The van der Waals surface area contributed by atoms with Crippen molar-refractivity contribution in [3.8, 4) is 5.75 Å². The molecule has 0 heterocycles. The van der Waals surface area contributed by atoms with Crippen LogP contribution < -0.4 is 14.4 Å². The number of nitrogens with zero attached hydrogens (tertiary/aromatic N) is 1. The maximum absolute atomic E-state index is 13.2. The fourth-order valence-corrected chi connectivity index (χ4v) is 4.61. The lowest BCUT2D eigenvalue weighted by atomic mass is 10.1. The van der Waals surface area contributed by atoms with Crippen LogP contribution in [0.1, 0.15) is 16.8 Å². The molecule has 0 saturated carbocycles. The zero-order chi connectivity index (χ0) is 23.1. The van der Waals surface area contributed by atoms with E-state index in [1.54, 1.807) is 29.2 Å². The molecular weight excluding hydrogens is 471 g/mol. The Hall–Kier alpha value is -2.58. The Kier molecular flexibility index (Phi) is 8.15. The van der Waals surface area contributed by atoms with Crippen LogP contribution in [0.4, 0.5) is 5.69 Å². The summed E-state index contributed by atoms with van der Waals surface area (Å²) in [6.07, 6.45) is 0.390. The van der Waals surface area contributed by atoms with E-state index in [1.165, 1.54) is 25.3 Å². The molecule has 168 valence electrons. The second-order valence-corrected chi connectivity index (χ2v) is 9.45. The number of benzene rings is 3. The summed E-state index contributed by atoms with van der Waals surface area (Å²) in [5.74, 6) is 0.276. The Morgan fingerprint density at radius 3 is 2.31 bits per heavy atom. The molecule has 0 aliphatic carbocycles.